The molecule has 0 saturated carbocycles. The lowest BCUT2D eigenvalue weighted by Crippen LogP contribution is -2.06. The second-order valence-corrected chi connectivity index (χ2v) is 5.43. The van der Waals surface area contributed by atoms with E-state index in [1.807, 2.05) is 0 Å². The van der Waals surface area contributed by atoms with Crippen molar-refractivity contribution in [2.75, 3.05) is 20.8 Å². The number of carbonyl (C=O) groups is 2. The van der Waals surface area contributed by atoms with Crippen molar-refractivity contribution in [2.45, 2.75) is 6.92 Å². The molecule has 1 aromatic carbocycles. The van der Waals surface area contributed by atoms with Crippen molar-refractivity contribution in [3.8, 4) is 11.5 Å². The average Bonchev–Trinajstić information content (AvgIpc) is 3.07. The van der Waals surface area contributed by atoms with E-state index >= 15 is 0 Å². The molecule has 3 rings (SSSR count). The second-order valence-electron chi connectivity index (χ2n) is 5.43. The van der Waals surface area contributed by atoms with E-state index in [-0.39, 0.29) is 18.0 Å². The fourth-order valence-electron chi connectivity index (χ4n) is 2.68. The molecule has 0 saturated heterocycles. The van der Waals surface area contributed by atoms with Gasteiger partial charge in [-0.1, -0.05) is 0 Å². The third-order valence-electron chi connectivity index (χ3n) is 3.92. The molecule has 134 valence electrons. The van der Waals surface area contributed by atoms with Crippen molar-refractivity contribution in [1.82, 2.24) is 9.38 Å². The Morgan fingerprint density at radius 2 is 1.77 bits per heavy atom. The molecule has 2 heterocycles. The van der Waals surface area contributed by atoms with Crippen LogP contribution in [0, 0.1) is 0 Å². The summed E-state index contributed by atoms with van der Waals surface area (Å²) in [6.45, 7) is 1.97. The Balaban J connectivity index is 2.13. The summed E-state index contributed by atoms with van der Waals surface area (Å²) >= 11 is 0. The maximum absolute atomic E-state index is 13.1. The van der Waals surface area contributed by atoms with Crippen LogP contribution in [0.4, 0.5) is 0 Å². The van der Waals surface area contributed by atoms with Crippen LogP contribution in [0.25, 0.3) is 5.52 Å². The van der Waals surface area contributed by atoms with E-state index in [2.05, 4.69) is 4.98 Å². The van der Waals surface area contributed by atoms with Gasteiger partial charge in [-0.05, 0) is 25.1 Å². The average molecular weight is 354 g/mol. The van der Waals surface area contributed by atoms with Crippen molar-refractivity contribution >= 4 is 17.3 Å². The maximum Gasteiger partial charge on any atom is 0.340 e. The number of hydrogen-bond acceptors (Lipinski definition) is 6. The van der Waals surface area contributed by atoms with Gasteiger partial charge < -0.3 is 18.6 Å². The normalized spacial score (nSPS) is 10.6. The number of rotatable bonds is 6. The summed E-state index contributed by atoms with van der Waals surface area (Å²) < 4.78 is 17.1. The van der Waals surface area contributed by atoms with E-state index in [1.54, 1.807) is 41.9 Å². The molecule has 0 aliphatic rings. The lowest BCUT2D eigenvalue weighted by Gasteiger charge is -2.08. The van der Waals surface area contributed by atoms with E-state index in [0.29, 0.717) is 28.3 Å². The standard InChI is InChI=1S/C19H18N2O5/c1-4-26-19(23)15-10-16(21-6-5-20-11-17(15)21)18(22)12-7-13(24-2)9-14(8-12)25-3/h5-11H,4H2,1-3H3. The third-order valence-corrected chi connectivity index (χ3v) is 3.92. The minimum Gasteiger partial charge on any atom is -0.497 e. The molecule has 0 fully saturated rings. The first-order valence-corrected chi connectivity index (χ1v) is 7.99. The SMILES string of the molecule is CCOC(=O)c1cc(C(=O)c2cc(OC)cc(OC)c2)n2ccncc12. The summed E-state index contributed by atoms with van der Waals surface area (Å²) in [5, 5.41) is 0. The number of fused-ring (bicyclic) bond motifs is 1. The topological polar surface area (TPSA) is 79.1 Å². The van der Waals surface area contributed by atoms with Crippen LogP contribution in [0.3, 0.4) is 0 Å². The molecule has 0 amide bonds. The Labute approximate surface area is 150 Å². The number of carbonyl (C=O) groups excluding carboxylic acids is 2. The van der Waals surface area contributed by atoms with Gasteiger partial charge in [0.15, 0.2) is 0 Å². The van der Waals surface area contributed by atoms with E-state index in [1.165, 1.54) is 26.5 Å². The van der Waals surface area contributed by atoms with E-state index in [9.17, 15) is 9.59 Å². The van der Waals surface area contributed by atoms with Crippen molar-refractivity contribution < 1.29 is 23.8 Å². The number of methoxy groups -OCH3 is 2. The molecule has 0 spiro atoms. The smallest absolute Gasteiger partial charge is 0.340 e. The number of ether oxygens (including phenoxy) is 3. The molecule has 0 unspecified atom stereocenters. The molecule has 0 N–H and O–H groups in total. The van der Waals surface area contributed by atoms with Crippen LogP contribution in [0.2, 0.25) is 0 Å². The second kappa shape index (κ2) is 7.26. The van der Waals surface area contributed by atoms with Gasteiger partial charge in [-0.15, -0.1) is 0 Å². The molecule has 0 radical (unpaired) electrons. The van der Waals surface area contributed by atoms with Crippen LogP contribution in [0.5, 0.6) is 11.5 Å². The van der Waals surface area contributed by atoms with Crippen LogP contribution >= 0.6 is 0 Å². The number of benzene rings is 1. The molecule has 0 aliphatic heterocycles. The van der Waals surface area contributed by atoms with Gasteiger partial charge in [0.25, 0.3) is 0 Å². The zero-order chi connectivity index (χ0) is 18.7. The predicted octanol–water partition coefficient (Wildman–Crippen LogP) is 2.76. The van der Waals surface area contributed by atoms with E-state index in [4.69, 9.17) is 14.2 Å². The summed E-state index contributed by atoms with van der Waals surface area (Å²) in [5.41, 5.74) is 1.50. The predicted molar refractivity (Wildman–Crippen MR) is 94.1 cm³/mol. The molecule has 26 heavy (non-hydrogen) atoms. The largest absolute Gasteiger partial charge is 0.497 e. The fourth-order valence-corrected chi connectivity index (χ4v) is 2.68. The minimum atomic E-state index is -0.500. The highest BCUT2D eigenvalue weighted by atomic mass is 16.5. The number of hydrogen-bond donors (Lipinski definition) is 0. The minimum absolute atomic E-state index is 0.243. The first-order chi connectivity index (χ1) is 12.6. The number of nitrogens with zero attached hydrogens (tertiary/aromatic N) is 2. The van der Waals surface area contributed by atoms with E-state index in [0.717, 1.165) is 0 Å². The molecule has 7 heteroatoms. The monoisotopic (exact) mass is 354 g/mol. The van der Waals surface area contributed by atoms with E-state index < -0.39 is 5.97 Å². The summed E-state index contributed by atoms with van der Waals surface area (Å²) in [5.74, 6) is 0.223. The zero-order valence-electron chi connectivity index (χ0n) is 14.7. The number of aromatic nitrogens is 2. The maximum atomic E-state index is 13.1. The van der Waals surface area contributed by atoms with Gasteiger partial charge in [-0.3, -0.25) is 9.78 Å². The molecular formula is C19H18N2O5. The number of esters is 1. The Morgan fingerprint density at radius 3 is 2.38 bits per heavy atom. The van der Waals surface area contributed by atoms with Crippen LogP contribution in [-0.4, -0.2) is 42.0 Å². The summed E-state index contributed by atoms with van der Waals surface area (Å²) in [6.07, 6.45) is 4.70. The lowest BCUT2D eigenvalue weighted by atomic mass is 10.1. The Morgan fingerprint density at radius 1 is 1.08 bits per heavy atom. The highest BCUT2D eigenvalue weighted by molar-refractivity contribution is 6.11. The van der Waals surface area contributed by atoms with Gasteiger partial charge in [0.2, 0.25) is 5.78 Å². The number of ketones is 1. The summed E-state index contributed by atoms with van der Waals surface area (Å²) in [6, 6.07) is 6.44. The quantitative estimate of drug-likeness (QED) is 0.500. The third kappa shape index (κ3) is 3.11. The highest BCUT2D eigenvalue weighted by Gasteiger charge is 2.22. The molecule has 7 nitrogen and oxygen atoms in total. The Hall–Kier alpha value is -3.35. The van der Waals surface area contributed by atoms with Crippen LogP contribution < -0.4 is 9.47 Å². The molecular weight excluding hydrogens is 336 g/mol. The van der Waals surface area contributed by atoms with Gasteiger partial charge in [-0.25, -0.2) is 4.79 Å². The summed E-state index contributed by atoms with van der Waals surface area (Å²) in [4.78, 5) is 29.3. The van der Waals surface area contributed by atoms with Gasteiger partial charge in [-0.2, -0.15) is 0 Å². The molecule has 3 aromatic rings. The van der Waals surface area contributed by atoms with Gasteiger partial charge in [0, 0.05) is 24.0 Å². The first kappa shape index (κ1) is 17.5. The molecule has 0 atom stereocenters. The van der Waals surface area contributed by atoms with Gasteiger partial charge in [0.05, 0.1) is 43.8 Å². The lowest BCUT2D eigenvalue weighted by molar-refractivity contribution is 0.0528. The van der Waals surface area contributed by atoms with Gasteiger partial charge in [0.1, 0.15) is 11.5 Å². The van der Waals surface area contributed by atoms with Crippen molar-refractivity contribution in [3.63, 3.8) is 0 Å². The van der Waals surface area contributed by atoms with Crippen LogP contribution in [0.15, 0.2) is 42.9 Å². The molecule has 2 aromatic heterocycles. The van der Waals surface area contributed by atoms with Crippen LogP contribution in [-0.2, 0) is 4.74 Å². The highest BCUT2D eigenvalue weighted by Crippen LogP contribution is 2.26. The van der Waals surface area contributed by atoms with Gasteiger partial charge >= 0.3 is 5.97 Å². The first-order valence-electron chi connectivity index (χ1n) is 7.99. The fraction of sp³-hybridized carbons (Fsp3) is 0.211. The van der Waals surface area contributed by atoms with Crippen molar-refractivity contribution in [2.24, 2.45) is 0 Å². The summed E-state index contributed by atoms with van der Waals surface area (Å²) in [7, 11) is 3.03. The molecule has 0 bridgehead atoms. The van der Waals surface area contributed by atoms with Crippen molar-refractivity contribution in [1.29, 1.82) is 0 Å². The Kier molecular flexibility index (Phi) is 4.88. The Bertz CT molecular complexity index is 955. The van der Waals surface area contributed by atoms with Crippen LogP contribution in [0.1, 0.15) is 33.3 Å². The van der Waals surface area contributed by atoms with Crippen molar-refractivity contribution in [3.05, 3.63) is 59.7 Å². The molecule has 0 aliphatic carbocycles. The zero-order valence-corrected chi connectivity index (χ0v) is 14.7.